The Morgan fingerprint density at radius 3 is 2.19 bits per heavy atom. The Bertz CT molecular complexity index is 766. The molecule has 0 spiro atoms. The molecular formula is C20H23ClN4O. The highest BCUT2D eigenvalue weighted by Crippen LogP contribution is 2.23. The average Bonchev–Trinajstić information content (AvgIpc) is 3.23. The molecule has 1 aromatic carbocycles. The number of amides is 1. The third-order valence-electron chi connectivity index (χ3n) is 5.18. The largest absolute Gasteiger partial charge is 0.368 e. The molecule has 4 rings (SSSR count). The molecule has 0 unspecified atom stereocenters. The molecule has 0 atom stereocenters. The van der Waals surface area contributed by atoms with Gasteiger partial charge < -0.3 is 14.7 Å². The van der Waals surface area contributed by atoms with Crippen molar-refractivity contribution in [3.63, 3.8) is 0 Å². The molecular weight excluding hydrogens is 348 g/mol. The zero-order chi connectivity index (χ0) is 17.9. The smallest absolute Gasteiger partial charge is 0.272 e. The maximum absolute atomic E-state index is 12.4. The summed E-state index contributed by atoms with van der Waals surface area (Å²) in [4.78, 5) is 23.4. The van der Waals surface area contributed by atoms with Gasteiger partial charge in [-0.05, 0) is 43.2 Å². The lowest BCUT2D eigenvalue weighted by molar-refractivity contribution is 0.0787. The van der Waals surface area contributed by atoms with Gasteiger partial charge in [0.15, 0.2) is 0 Å². The fraction of sp³-hybridized carbons (Fsp3) is 0.400. The molecule has 2 fully saturated rings. The third-order valence-corrected chi connectivity index (χ3v) is 5.41. The van der Waals surface area contributed by atoms with Crippen molar-refractivity contribution in [2.24, 2.45) is 0 Å². The van der Waals surface area contributed by atoms with E-state index in [1.165, 1.54) is 5.69 Å². The molecule has 0 N–H and O–H groups in total. The van der Waals surface area contributed by atoms with E-state index in [0.29, 0.717) is 5.69 Å². The van der Waals surface area contributed by atoms with Gasteiger partial charge in [0, 0.05) is 50.0 Å². The second-order valence-electron chi connectivity index (χ2n) is 6.85. The number of anilines is 2. The van der Waals surface area contributed by atoms with Gasteiger partial charge in [-0.2, -0.15) is 0 Å². The van der Waals surface area contributed by atoms with Gasteiger partial charge in [0.05, 0.1) is 11.9 Å². The number of carbonyl (C=O) groups excluding carboxylic acids is 1. The van der Waals surface area contributed by atoms with Crippen molar-refractivity contribution in [2.45, 2.75) is 12.8 Å². The topological polar surface area (TPSA) is 39.7 Å². The number of benzene rings is 1. The number of carbonyl (C=O) groups is 1. The molecule has 2 saturated heterocycles. The molecule has 136 valence electrons. The van der Waals surface area contributed by atoms with E-state index < -0.39 is 0 Å². The second kappa shape index (κ2) is 7.54. The summed E-state index contributed by atoms with van der Waals surface area (Å²) in [6, 6.07) is 11.9. The molecule has 0 bridgehead atoms. The molecule has 26 heavy (non-hydrogen) atoms. The van der Waals surface area contributed by atoms with E-state index in [0.717, 1.165) is 62.8 Å². The summed E-state index contributed by atoms with van der Waals surface area (Å²) in [5.74, 6) is 0.0554. The molecule has 0 saturated carbocycles. The number of pyridine rings is 1. The van der Waals surface area contributed by atoms with Crippen LogP contribution in [0, 0.1) is 0 Å². The number of halogens is 1. The molecule has 6 heteroatoms. The van der Waals surface area contributed by atoms with E-state index in [4.69, 9.17) is 11.6 Å². The first-order valence-electron chi connectivity index (χ1n) is 9.21. The van der Waals surface area contributed by atoms with Crippen molar-refractivity contribution in [3.05, 3.63) is 53.3 Å². The molecule has 2 aromatic rings. The Morgan fingerprint density at radius 1 is 0.885 bits per heavy atom. The number of likely N-dealkylation sites (tertiary alicyclic amines) is 1. The molecule has 5 nitrogen and oxygen atoms in total. The van der Waals surface area contributed by atoms with Crippen molar-refractivity contribution in [2.75, 3.05) is 49.1 Å². The maximum Gasteiger partial charge on any atom is 0.272 e. The first-order chi connectivity index (χ1) is 12.7. The minimum Gasteiger partial charge on any atom is -0.368 e. The Labute approximate surface area is 159 Å². The van der Waals surface area contributed by atoms with E-state index >= 15 is 0 Å². The highest BCUT2D eigenvalue weighted by atomic mass is 35.5. The Balaban J connectivity index is 1.37. The Hall–Kier alpha value is -2.27. The van der Waals surface area contributed by atoms with Crippen molar-refractivity contribution in [1.82, 2.24) is 9.88 Å². The van der Waals surface area contributed by atoms with Crippen LogP contribution in [0.1, 0.15) is 23.3 Å². The number of hydrogen-bond donors (Lipinski definition) is 0. The van der Waals surface area contributed by atoms with Gasteiger partial charge in [-0.15, -0.1) is 0 Å². The monoisotopic (exact) mass is 370 g/mol. The first-order valence-corrected chi connectivity index (χ1v) is 9.59. The first kappa shape index (κ1) is 17.2. The van der Waals surface area contributed by atoms with Crippen molar-refractivity contribution < 1.29 is 4.79 Å². The van der Waals surface area contributed by atoms with E-state index in [-0.39, 0.29) is 5.91 Å². The Morgan fingerprint density at radius 2 is 1.58 bits per heavy atom. The predicted molar refractivity (Wildman–Crippen MR) is 105 cm³/mol. The normalized spacial score (nSPS) is 17.7. The standard InChI is InChI=1S/C20H23ClN4O/c21-16-4-3-5-17(14-16)23-10-12-24(13-11-23)18-6-7-19(22-15-18)20(26)25-8-1-2-9-25/h3-7,14-15H,1-2,8-13H2. The van der Waals surface area contributed by atoms with E-state index in [9.17, 15) is 4.79 Å². The minimum atomic E-state index is 0.0554. The fourth-order valence-electron chi connectivity index (χ4n) is 3.68. The number of aromatic nitrogens is 1. The Kier molecular flexibility index (Phi) is 4.98. The van der Waals surface area contributed by atoms with Gasteiger partial charge >= 0.3 is 0 Å². The van der Waals surface area contributed by atoms with Crippen LogP contribution in [0.4, 0.5) is 11.4 Å². The number of rotatable bonds is 3. The van der Waals surface area contributed by atoms with Gasteiger partial charge in [0.1, 0.15) is 5.69 Å². The van der Waals surface area contributed by atoms with Gasteiger partial charge in [-0.1, -0.05) is 17.7 Å². The quantitative estimate of drug-likeness (QED) is 0.831. The predicted octanol–water partition coefficient (Wildman–Crippen LogP) is 3.30. The van der Waals surface area contributed by atoms with Crippen molar-refractivity contribution in [1.29, 1.82) is 0 Å². The molecule has 2 aliphatic rings. The molecule has 0 aliphatic carbocycles. The maximum atomic E-state index is 12.4. The summed E-state index contributed by atoms with van der Waals surface area (Å²) < 4.78 is 0. The highest BCUT2D eigenvalue weighted by molar-refractivity contribution is 6.30. The van der Waals surface area contributed by atoms with Gasteiger partial charge in [0.2, 0.25) is 0 Å². The van der Waals surface area contributed by atoms with Crippen LogP contribution in [-0.4, -0.2) is 55.1 Å². The minimum absolute atomic E-state index is 0.0554. The lowest BCUT2D eigenvalue weighted by Gasteiger charge is -2.37. The van der Waals surface area contributed by atoms with Crippen molar-refractivity contribution >= 4 is 28.9 Å². The van der Waals surface area contributed by atoms with Crippen LogP contribution in [0.3, 0.4) is 0 Å². The van der Waals surface area contributed by atoms with E-state index in [2.05, 4.69) is 20.9 Å². The van der Waals surface area contributed by atoms with Crippen LogP contribution in [-0.2, 0) is 0 Å². The average molecular weight is 371 g/mol. The van der Waals surface area contributed by atoms with E-state index in [1.807, 2.05) is 41.4 Å². The van der Waals surface area contributed by atoms with Gasteiger partial charge in [-0.3, -0.25) is 4.79 Å². The third kappa shape index (κ3) is 3.63. The fourth-order valence-corrected chi connectivity index (χ4v) is 3.86. The van der Waals surface area contributed by atoms with Crippen LogP contribution in [0.25, 0.3) is 0 Å². The van der Waals surface area contributed by atoms with Gasteiger partial charge in [-0.25, -0.2) is 4.98 Å². The molecule has 1 aromatic heterocycles. The molecule has 2 aliphatic heterocycles. The summed E-state index contributed by atoms with van der Waals surface area (Å²) in [6.45, 7) is 5.44. The zero-order valence-corrected chi connectivity index (χ0v) is 15.5. The van der Waals surface area contributed by atoms with Crippen LogP contribution in [0.5, 0.6) is 0 Å². The lowest BCUT2D eigenvalue weighted by atomic mass is 10.2. The SMILES string of the molecule is O=C(c1ccc(N2CCN(c3cccc(Cl)c3)CC2)cn1)N1CCCC1. The van der Waals surface area contributed by atoms with Gasteiger partial charge in [0.25, 0.3) is 5.91 Å². The summed E-state index contributed by atoms with van der Waals surface area (Å²) >= 11 is 6.10. The van der Waals surface area contributed by atoms with Crippen LogP contribution >= 0.6 is 11.6 Å². The lowest BCUT2D eigenvalue weighted by Crippen LogP contribution is -2.46. The number of piperazine rings is 1. The molecule has 3 heterocycles. The summed E-state index contributed by atoms with van der Waals surface area (Å²) in [5.41, 5.74) is 2.80. The van der Waals surface area contributed by atoms with Crippen LogP contribution in [0.2, 0.25) is 5.02 Å². The number of nitrogens with zero attached hydrogens (tertiary/aromatic N) is 4. The highest BCUT2D eigenvalue weighted by Gasteiger charge is 2.22. The zero-order valence-electron chi connectivity index (χ0n) is 14.8. The summed E-state index contributed by atoms with van der Waals surface area (Å²) in [7, 11) is 0. The molecule has 1 amide bonds. The van der Waals surface area contributed by atoms with Crippen LogP contribution in [0.15, 0.2) is 42.6 Å². The van der Waals surface area contributed by atoms with Crippen LogP contribution < -0.4 is 9.80 Å². The number of hydrogen-bond acceptors (Lipinski definition) is 4. The second-order valence-corrected chi connectivity index (χ2v) is 7.29. The van der Waals surface area contributed by atoms with Crippen molar-refractivity contribution in [3.8, 4) is 0 Å². The summed E-state index contributed by atoms with van der Waals surface area (Å²) in [6.07, 6.45) is 4.03. The molecule has 0 radical (unpaired) electrons. The summed E-state index contributed by atoms with van der Waals surface area (Å²) in [5, 5.41) is 0.771. The van der Waals surface area contributed by atoms with E-state index in [1.54, 1.807) is 0 Å².